The smallest absolute Gasteiger partial charge is 0.191 e. The minimum atomic E-state index is 0. The maximum Gasteiger partial charge on any atom is 0.191 e. The van der Waals surface area contributed by atoms with Crippen molar-refractivity contribution >= 4 is 52.6 Å². The molecule has 0 radical (unpaired) electrons. The first-order valence-electron chi connectivity index (χ1n) is 8.30. The lowest BCUT2D eigenvalue weighted by atomic mass is 9.98. The Balaban J connectivity index is 0.00000312. The summed E-state index contributed by atoms with van der Waals surface area (Å²) in [6, 6.07) is 4.31. The standard InChI is InChI=1S/C18H28N4S2.HI/c1-13(9-15-7-6-8-23-15)10-20-17(19-5)21-11-14-12-24-16(22-14)18(2,3)4;/h6-8,12-13H,9-11H2,1-5H3,(H2,19,20,21);1H. The molecule has 0 aliphatic rings. The fraction of sp³-hybridized carbons (Fsp3) is 0.556. The lowest BCUT2D eigenvalue weighted by Gasteiger charge is -2.15. The minimum absolute atomic E-state index is 0. The quantitative estimate of drug-likeness (QED) is 0.350. The Morgan fingerprint density at radius 2 is 2.04 bits per heavy atom. The van der Waals surface area contributed by atoms with Gasteiger partial charge >= 0.3 is 0 Å². The molecule has 7 heteroatoms. The maximum absolute atomic E-state index is 4.71. The van der Waals surface area contributed by atoms with E-state index in [1.54, 1.807) is 18.4 Å². The summed E-state index contributed by atoms with van der Waals surface area (Å²) in [6.07, 6.45) is 1.10. The molecule has 2 rings (SSSR count). The Labute approximate surface area is 176 Å². The number of nitrogens with zero attached hydrogens (tertiary/aromatic N) is 2. The molecule has 1 atom stereocenters. The molecule has 2 N–H and O–H groups in total. The van der Waals surface area contributed by atoms with Crippen LogP contribution in [-0.4, -0.2) is 24.5 Å². The number of thiophene rings is 1. The zero-order chi connectivity index (χ0) is 17.6. The normalized spacial score (nSPS) is 13.2. The van der Waals surface area contributed by atoms with Crippen molar-refractivity contribution in [2.75, 3.05) is 13.6 Å². The molecule has 2 aromatic heterocycles. The van der Waals surface area contributed by atoms with Gasteiger partial charge in [-0.15, -0.1) is 46.7 Å². The lowest BCUT2D eigenvalue weighted by molar-refractivity contribution is 0.561. The van der Waals surface area contributed by atoms with Gasteiger partial charge in [-0.2, -0.15) is 0 Å². The molecule has 2 aromatic rings. The highest BCUT2D eigenvalue weighted by Crippen LogP contribution is 2.25. The number of guanidine groups is 1. The number of thiazole rings is 1. The van der Waals surface area contributed by atoms with Crippen LogP contribution in [0, 0.1) is 5.92 Å². The molecule has 0 spiro atoms. The van der Waals surface area contributed by atoms with Gasteiger partial charge in [-0.3, -0.25) is 4.99 Å². The van der Waals surface area contributed by atoms with E-state index in [0.29, 0.717) is 12.5 Å². The first-order valence-corrected chi connectivity index (χ1v) is 10.1. The number of rotatable bonds is 6. The van der Waals surface area contributed by atoms with E-state index < -0.39 is 0 Å². The second kappa shape index (κ2) is 10.5. The topological polar surface area (TPSA) is 49.3 Å². The average Bonchev–Trinajstić information content (AvgIpc) is 3.18. The number of hydrogen-bond donors (Lipinski definition) is 2. The summed E-state index contributed by atoms with van der Waals surface area (Å²) in [5.41, 5.74) is 1.18. The predicted molar refractivity (Wildman–Crippen MR) is 122 cm³/mol. The van der Waals surface area contributed by atoms with Crippen LogP contribution in [-0.2, 0) is 18.4 Å². The summed E-state index contributed by atoms with van der Waals surface area (Å²) >= 11 is 3.55. The molecule has 0 bridgehead atoms. The summed E-state index contributed by atoms with van der Waals surface area (Å²) in [6.45, 7) is 10.4. The Hall–Kier alpha value is -0.670. The number of aromatic nitrogens is 1. The van der Waals surface area contributed by atoms with E-state index in [1.807, 2.05) is 11.3 Å². The van der Waals surface area contributed by atoms with Crippen molar-refractivity contribution in [1.29, 1.82) is 0 Å². The van der Waals surface area contributed by atoms with E-state index in [1.165, 1.54) is 9.88 Å². The Morgan fingerprint density at radius 1 is 1.28 bits per heavy atom. The molecule has 25 heavy (non-hydrogen) atoms. The molecule has 140 valence electrons. The van der Waals surface area contributed by atoms with Crippen LogP contribution in [0.15, 0.2) is 27.9 Å². The SMILES string of the molecule is CN=C(NCc1csc(C(C)(C)C)n1)NCC(C)Cc1cccs1.I. The summed E-state index contributed by atoms with van der Waals surface area (Å²) in [4.78, 5) is 10.4. The van der Waals surface area contributed by atoms with Crippen LogP contribution in [0.4, 0.5) is 0 Å². The lowest BCUT2D eigenvalue weighted by Crippen LogP contribution is -2.39. The van der Waals surface area contributed by atoms with Crippen LogP contribution in [0.25, 0.3) is 0 Å². The van der Waals surface area contributed by atoms with E-state index in [9.17, 15) is 0 Å². The molecule has 0 saturated carbocycles. The van der Waals surface area contributed by atoms with E-state index >= 15 is 0 Å². The van der Waals surface area contributed by atoms with Gasteiger partial charge in [0.1, 0.15) is 0 Å². The summed E-state index contributed by atoms with van der Waals surface area (Å²) in [7, 11) is 1.81. The maximum atomic E-state index is 4.71. The number of hydrogen-bond acceptors (Lipinski definition) is 4. The van der Waals surface area contributed by atoms with Crippen LogP contribution in [0.3, 0.4) is 0 Å². The summed E-state index contributed by atoms with van der Waals surface area (Å²) < 4.78 is 0. The first kappa shape index (κ1) is 22.4. The van der Waals surface area contributed by atoms with Gasteiger partial charge in [-0.05, 0) is 23.8 Å². The largest absolute Gasteiger partial charge is 0.356 e. The van der Waals surface area contributed by atoms with Crippen molar-refractivity contribution in [3.63, 3.8) is 0 Å². The fourth-order valence-corrected chi connectivity index (χ4v) is 4.02. The Bertz CT molecular complexity index is 644. The Kier molecular flexibility index (Phi) is 9.37. The van der Waals surface area contributed by atoms with Crippen LogP contribution in [0.2, 0.25) is 0 Å². The van der Waals surface area contributed by atoms with Gasteiger partial charge in [-0.25, -0.2) is 4.98 Å². The fourth-order valence-electron chi connectivity index (χ4n) is 2.24. The highest BCUT2D eigenvalue weighted by molar-refractivity contribution is 14.0. The van der Waals surface area contributed by atoms with Gasteiger partial charge in [0.25, 0.3) is 0 Å². The molecule has 0 saturated heterocycles. The second-order valence-electron chi connectivity index (χ2n) is 7.09. The predicted octanol–water partition coefficient (Wildman–Crippen LogP) is 4.66. The number of aliphatic imine (C=N–C) groups is 1. The van der Waals surface area contributed by atoms with Crippen LogP contribution in [0.5, 0.6) is 0 Å². The van der Waals surface area contributed by atoms with Crippen LogP contribution >= 0.6 is 46.7 Å². The molecule has 0 amide bonds. The van der Waals surface area contributed by atoms with Gasteiger partial charge in [0.15, 0.2) is 5.96 Å². The molecule has 2 heterocycles. The second-order valence-corrected chi connectivity index (χ2v) is 8.98. The molecule has 0 fully saturated rings. The van der Waals surface area contributed by atoms with Gasteiger partial charge in [-0.1, -0.05) is 33.8 Å². The van der Waals surface area contributed by atoms with Gasteiger partial charge < -0.3 is 10.6 Å². The molecule has 0 aromatic carbocycles. The van der Waals surface area contributed by atoms with E-state index in [2.05, 4.69) is 66.2 Å². The van der Waals surface area contributed by atoms with Crippen molar-refractivity contribution < 1.29 is 0 Å². The van der Waals surface area contributed by atoms with E-state index in [0.717, 1.165) is 24.6 Å². The zero-order valence-electron chi connectivity index (χ0n) is 15.6. The minimum Gasteiger partial charge on any atom is -0.356 e. The Morgan fingerprint density at radius 3 is 2.60 bits per heavy atom. The third kappa shape index (κ3) is 7.62. The molecule has 0 aliphatic heterocycles. The molecule has 4 nitrogen and oxygen atoms in total. The summed E-state index contributed by atoms with van der Waals surface area (Å²) in [5.74, 6) is 1.40. The van der Waals surface area contributed by atoms with Crippen LogP contribution < -0.4 is 10.6 Å². The van der Waals surface area contributed by atoms with Crippen molar-refractivity contribution in [3.8, 4) is 0 Å². The van der Waals surface area contributed by atoms with Crippen molar-refractivity contribution in [3.05, 3.63) is 38.5 Å². The highest BCUT2D eigenvalue weighted by Gasteiger charge is 2.17. The van der Waals surface area contributed by atoms with Gasteiger partial charge in [0, 0.05) is 29.3 Å². The van der Waals surface area contributed by atoms with Crippen molar-refractivity contribution in [1.82, 2.24) is 15.6 Å². The molecular weight excluding hydrogens is 463 g/mol. The monoisotopic (exact) mass is 492 g/mol. The van der Waals surface area contributed by atoms with E-state index in [4.69, 9.17) is 4.98 Å². The van der Waals surface area contributed by atoms with E-state index in [-0.39, 0.29) is 29.4 Å². The molecular formula is C18H29IN4S2. The molecule has 1 unspecified atom stereocenters. The van der Waals surface area contributed by atoms with Gasteiger partial charge in [0.2, 0.25) is 0 Å². The average molecular weight is 492 g/mol. The molecule has 0 aliphatic carbocycles. The zero-order valence-corrected chi connectivity index (χ0v) is 19.6. The highest BCUT2D eigenvalue weighted by atomic mass is 127. The number of halogens is 1. The van der Waals surface area contributed by atoms with Crippen molar-refractivity contribution in [2.24, 2.45) is 10.9 Å². The van der Waals surface area contributed by atoms with Gasteiger partial charge in [0.05, 0.1) is 17.2 Å². The van der Waals surface area contributed by atoms with Crippen molar-refractivity contribution in [2.45, 2.75) is 46.1 Å². The third-order valence-corrected chi connectivity index (χ3v) is 5.82. The van der Waals surface area contributed by atoms with Crippen LogP contribution in [0.1, 0.15) is 43.3 Å². The third-order valence-electron chi connectivity index (χ3n) is 3.60. The first-order chi connectivity index (χ1) is 11.4. The summed E-state index contributed by atoms with van der Waals surface area (Å²) in [5, 5.41) is 12.2. The number of nitrogens with one attached hydrogen (secondary N) is 2.